The average Bonchev–Trinajstić information content (AvgIpc) is 3.03. The summed E-state index contributed by atoms with van der Waals surface area (Å²) in [5, 5.41) is 1.24. The van der Waals surface area contributed by atoms with Crippen LogP contribution < -0.4 is 9.80 Å². The van der Waals surface area contributed by atoms with Crippen molar-refractivity contribution < 1.29 is 4.79 Å². The number of aryl methyl sites for hydroxylation is 1. The summed E-state index contributed by atoms with van der Waals surface area (Å²) in [4.78, 5) is 19.6. The van der Waals surface area contributed by atoms with Gasteiger partial charge < -0.3 is 4.90 Å². The molecule has 0 N–H and O–H groups in total. The van der Waals surface area contributed by atoms with Crippen LogP contribution in [0.5, 0.6) is 0 Å². The molecule has 2 aliphatic heterocycles. The van der Waals surface area contributed by atoms with E-state index >= 15 is 0 Å². The zero-order chi connectivity index (χ0) is 17.0. The summed E-state index contributed by atoms with van der Waals surface area (Å²) in [7, 11) is 0. The second-order valence-electron chi connectivity index (χ2n) is 6.81. The summed E-state index contributed by atoms with van der Waals surface area (Å²) >= 11 is 6.35. The van der Waals surface area contributed by atoms with E-state index in [4.69, 9.17) is 0 Å². The molecule has 3 heterocycles. The molecule has 0 radical (unpaired) electrons. The van der Waals surface area contributed by atoms with Crippen molar-refractivity contribution in [2.75, 3.05) is 22.1 Å². The molecule has 0 bridgehead atoms. The number of benzene rings is 1. The van der Waals surface area contributed by atoms with Crippen LogP contribution in [0.1, 0.15) is 33.6 Å². The predicted molar refractivity (Wildman–Crippen MR) is 116 cm³/mol. The number of carbonyl (C=O) groups is 1. The quantitative estimate of drug-likeness (QED) is 0.426. The van der Waals surface area contributed by atoms with Gasteiger partial charge in [-0.25, -0.2) is 0 Å². The molecular formula is C19H19IN2OS2. The van der Waals surface area contributed by atoms with Gasteiger partial charge in [0.15, 0.2) is 5.50 Å². The molecule has 0 spiro atoms. The van der Waals surface area contributed by atoms with Gasteiger partial charge in [-0.15, -0.1) is 23.1 Å². The SMILES string of the molecule is O=C1c2c(sc3c2CCCC3)N2C[C@H](I)CS[C@H]2N1c1ccccc1. The molecule has 3 nitrogen and oxygen atoms in total. The molecule has 0 unspecified atom stereocenters. The fourth-order valence-corrected chi connectivity index (χ4v) is 7.81. The molecule has 2 aromatic rings. The third-order valence-corrected chi connectivity index (χ3v) is 9.31. The van der Waals surface area contributed by atoms with Crippen molar-refractivity contribution >= 4 is 62.3 Å². The van der Waals surface area contributed by atoms with E-state index in [1.165, 1.54) is 28.3 Å². The van der Waals surface area contributed by atoms with Crippen LogP contribution >= 0.6 is 45.7 Å². The number of para-hydroxylation sites is 1. The number of alkyl halides is 1. The second kappa shape index (κ2) is 6.46. The Balaban J connectivity index is 1.68. The first-order chi connectivity index (χ1) is 12.2. The van der Waals surface area contributed by atoms with Gasteiger partial charge in [0.1, 0.15) is 5.00 Å². The Labute approximate surface area is 169 Å². The Morgan fingerprint density at radius 1 is 1.12 bits per heavy atom. The molecule has 1 aliphatic carbocycles. The maximum Gasteiger partial charge on any atom is 0.263 e. The van der Waals surface area contributed by atoms with Crippen LogP contribution in [-0.2, 0) is 12.8 Å². The van der Waals surface area contributed by atoms with Crippen LogP contribution in [0.25, 0.3) is 0 Å². The van der Waals surface area contributed by atoms with Gasteiger partial charge in [-0.1, -0.05) is 40.8 Å². The minimum Gasteiger partial charge on any atom is -0.332 e. The second-order valence-corrected chi connectivity index (χ2v) is 10.7. The summed E-state index contributed by atoms with van der Waals surface area (Å²) in [6.45, 7) is 1.03. The number of thiophene rings is 1. The first-order valence-corrected chi connectivity index (χ1v) is 11.9. The molecule has 1 fully saturated rings. The third-order valence-electron chi connectivity index (χ3n) is 5.19. The minimum absolute atomic E-state index is 0.0912. The fraction of sp³-hybridized carbons (Fsp3) is 0.421. The smallest absolute Gasteiger partial charge is 0.263 e. The molecule has 1 amide bonds. The van der Waals surface area contributed by atoms with Crippen LogP contribution in [0.3, 0.4) is 0 Å². The molecule has 130 valence electrons. The number of rotatable bonds is 1. The third kappa shape index (κ3) is 2.63. The standard InChI is InChI=1S/C19H19IN2OS2/c20-12-10-21-18-16(14-8-4-5-9-15(14)25-18)17(23)22(19(21)24-11-12)13-6-2-1-3-7-13/h1-3,6-7,12,19H,4-5,8-11H2/t12-,19+/m0/s1. The number of amides is 1. The zero-order valence-electron chi connectivity index (χ0n) is 13.8. The lowest BCUT2D eigenvalue weighted by Crippen LogP contribution is -2.57. The number of fused-ring (bicyclic) bond motifs is 5. The van der Waals surface area contributed by atoms with E-state index in [-0.39, 0.29) is 11.4 Å². The molecule has 1 aromatic carbocycles. The first kappa shape index (κ1) is 16.4. The van der Waals surface area contributed by atoms with Crippen LogP contribution in [-0.4, -0.2) is 27.6 Å². The van der Waals surface area contributed by atoms with Crippen molar-refractivity contribution in [3.8, 4) is 0 Å². The average molecular weight is 482 g/mol. The number of hydrogen-bond acceptors (Lipinski definition) is 4. The van der Waals surface area contributed by atoms with Crippen LogP contribution in [0.2, 0.25) is 0 Å². The molecule has 1 saturated heterocycles. The lowest BCUT2D eigenvalue weighted by molar-refractivity contribution is 0.0978. The highest BCUT2D eigenvalue weighted by molar-refractivity contribution is 14.1. The van der Waals surface area contributed by atoms with Gasteiger partial charge in [0.05, 0.1) is 5.56 Å². The van der Waals surface area contributed by atoms with E-state index in [2.05, 4.69) is 39.6 Å². The number of hydrogen-bond donors (Lipinski definition) is 0. The molecular weight excluding hydrogens is 463 g/mol. The van der Waals surface area contributed by atoms with Crippen molar-refractivity contribution in [2.24, 2.45) is 0 Å². The normalized spacial score (nSPS) is 25.4. The first-order valence-electron chi connectivity index (χ1n) is 8.79. The zero-order valence-corrected chi connectivity index (χ0v) is 17.6. The molecule has 6 heteroatoms. The summed E-state index contributed by atoms with van der Waals surface area (Å²) in [6.07, 6.45) is 4.68. The van der Waals surface area contributed by atoms with Gasteiger partial charge in [0.25, 0.3) is 5.91 Å². The van der Waals surface area contributed by atoms with Crippen LogP contribution in [0, 0.1) is 0 Å². The Bertz CT molecular complexity index is 822. The largest absolute Gasteiger partial charge is 0.332 e. The topological polar surface area (TPSA) is 23.6 Å². The molecule has 0 saturated carbocycles. The van der Waals surface area contributed by atoms with E-state index in [1.807, 2.05) is 46.2 Å². The lowest BCUT2D eigenvalue weighted by Gasteiger charge is -2.47. The van der Waals surface area contributed by atoms with Gasteiger partial charge >= 0.3 is 0 Å². The Kier molecular flexibility index (Phi) is 4.25. The molecule has 2 atom stereocenters. The molecule has 5 rings (SSSR count). The molecule has 3 aliphatic rings. The van der Waals surface area contributed by atoms with Crippen LogP contribution in [0.4, 0.5) is 10.7 Å². The van der Waals surface area contributed by atoms with Crippen molar-refractivity contribution in [1.29, 1.82) is 0 Å². The highest BCUT2D eigenvalue weighted by atomic mass is 127. The van der Waals surface area contributed by atoms with E-state index in [1.54, 1.807) is 0 Å². The van der Waals surface area contributed by atoms with Gasteiger partial charge in [-0.2, -0.15) is 0 Å². The van der Waals surface area contributed by atoms with Crippen molar-refractivity contribution in [3.63, 3.8) is 0 Å². The van der Waals surface area contributed by atoms with Crippen molar-refractivity contribution in [2.45, 2.75) is 35.1 Å². The fourth-order valence-electron chi connectivity index (χ4n) is 4.06. The van der Waals surface area contributed by atoms with E-state index in [0.717, 1.165) is 36.4 Å². The number of nitrogens with zero attached hydrogens (tertiary/aromatic N) is 2. The Hall–Kier alpha value is -0.730. The number of anilines is 2. The maximum atomic E-state index is 13.6. The highest BCUT2D eigenvalue weighted by Gasteiger charge is 2.45. The molecule has 25 heavy (non-hydrogen) atoms. The maximum absolute atomic E-state index is 13.6. The van der Waals surface area contributed by atoms with E-state index in [0.29, 0.717) is 3.92 Å². The van der Waals surface area contributed by atoms with Crippen molar-refractivity contribution in [1.82, 2.24) is 0 Å². The Morgan fingerprint density at radius 2 is 1.92 bits per heavy atom. The van der Waals surface area contributed by atoms with Crippen LogP contribution in [0.15, 0.2) is 30.3 Å². The summed E-state index contributed by atoms with van der Waals surface area (Å²) < 4.78 is 0.622. The summed E-state index contributed by atoms with van der Waals surface area (Å²) in [5.41, 5.74) is 3.46. The number of thioether (sulfide) groups is 1. The minimum atomic E-state index is 0.0912. The Morgan fingerprint density at radius 3 is 2.76 bits per heavy atom. The van der Waals surface area contributed by atoms with E-state index in [9.17, 15) is 4.79 Å². The van der Waals surface area contributed by atoms with Gasteiger partial charge in [0.2, 0.25) is 0 Å². The predicted octanol–water partition coefficient (Wildman–Crippen LogP) is 4.93. The van der Waals surface area contributed by atoms with Gasteiger partial charge in [-0.05, 0) is 43.4 Å². The number of halogens is 1. The van der Waals surface area contributed by atoms with Gasteiger partial charge in [-0.3, -0.25) is 9.69 Å². The number of carbonyl (C=O) groups excluding carboxylic acids is 1. The van der Waals surface area contributed by atoms with E-state index < -0.39 is 0 Å². The summed E-state index contributed by atoms with van der Waals surface area (Å²) in [6, 6.07) is 10.2. The lowest BCUT2D eigenvalue weighted by atomic mass is 9.94. The van der Waals surface area contributed by atoms with Gasteiger partial charge in [0, 0.05) is 26.8 Å². The highest BCUT2D eigenvalue weighted by Crippen LogP contribution is 2.49. The summed E-state index contributed by atoms with van der Waals surface area (Å²) in [5.74, 6) is 1.31. The molecule has 1 aromatic heterocycles. The monoisotopic (exact) mass is 482 g/mol. The van der Waals surface area contributed by atoms with Crippen molar-refractivity contribution in [3.05, 3.63) is 46.3 Å².